The first-order valence-corrected chi connectivity index (χ1v) is 4.53. The molecule has 0 rings (SSSR count). The molecule has 0 aromatic rings. The van der Waals surface area contributed by atoms with Crippen LogP contribution in [0.15, 0.2) is 0 Å². The summed E-state index contributed by atoms with van der Waals surface area (Å²) in [4.78, 5) is 10.3. The molecule has 6 nitrogen and oxygen atoms in total. The Hall–Kier alpha value is -0.313. The van der Waals surface area contributed by atoms with Gasteiger partial charge in [0.15, 0.2) is 0 Å². The van der Waals surface area contributed by atoms with Crippen LogP contribution in [0.4, 0.5) is 0 Å². The molecule has 0 aliphatic rings. The van der Waals surface area contributed by atoms with Gasteiger partial charge in [-0.25, -0.2) is 0 Å². The van der Waals surface area contributed by atoms with Crippen molar-refractivity contribution in [3.63, 3.8) is 0 Å². The van der Waals surface area contributed by atoms with Gasteiger partial charge in [-0.2, -0.15) is 0 Å². The third kappa shape index (κ3) is 3.51. The van der Waals surface area contributed by atoms with Crippen LogP contribution in [0.25, 0.3) is 0 Å². The molecule has 0 radical (unpaired) electrons. The van der Waals surface area contributed by atoms with Gasteiger partial charge in [0.05, 0.1) is 6.61 Å². The average Bonchev–Trinajstić information content (AvgIpc) is 2.17. The Morgan fingerprint density at radius 3 is 2.15 bits per heavy atom. The van der Waals surface area contributed by atoms with E-state index in [0.717, 1.165) is 0 Å². The molecule has 7 heteroatoms. The van der Waals surface area contributed by atoms with Crippen molar-refractivity contribution in [2.45, 2.75) is 24.4 Å². The Morgan fingerprint density at radius 2 is 1.85 bits per heavy atom. The lowest BCUT2D eigenvalue weighted by molar-refractivity contribution is -0.132. The predicted octanol–water partition coefficient (Wildman–Crippen LogP) is -4.07. The molecule has 0 heterocycles. The smallest absolute Gasteiger partial charge is 0.150 e. The summed E-state index contributed by atoms with van der Waals surface area (Å²) < 4.78 is 4.65. The van der Waals surface area contributed by atoms with Crippen LogP contribution in [0.5, 0.6) is 0 Å². The standard InChI is InChI=1S/C6H14O6Si/c7-1-3(9)5(10)6(11)4(2-8)12-13/h2-7,9-11H,1H2,13H3/t3-,4+,5-,6-/m1/s1. The minimum absolute atomic E-state index is 0.226. The number of hydrogen-bond donors (Lipinski definition) is 4. The van der Waals surface area contributed by atoms with E-state index >= 15 is 0 Å². The highest BCUT2D eigenvalue weighted by molar-refractivity contribution is 5.99. The van der Waals surface area contributed by atoms with Crippen LogP contribution in [0.3, 0.4) is 0 Å². The predicted molar refractivity (Wildman–Crippen MR) is 46.0 cm³/mol. The SMILES string of the molecule is O=C[C@H](O[SiH3])[C@@H](O)[C@H](O)[C@H](O)CO. The Balaban J connectivity index is 4.21. The van der Waals surface area contributed by atoms with Crippen molar-refractivity contribution in [3.8, 4) is 0 Å². The van der Waals surface area contributed by atoms with Crippen molar-refractivity contribution in [2.75, 3.05) is 6.61 Å². The number of aldehydes is 1. The van der Waals surface area contributed by atoms with E-state index in [2.05, 4.69) is 4.43 Å². The van der Waals surface area contributed by atoms with E-state index in [9.17, 15) is 9.90 Å². The molecule has 0 aliphatic heterocycles. The molecule has 0 aromatic heterocycles. The number of aliphatic hydroxyl groups is 4. The molecule has 0 amide bonds. The maximum Gasteiger partial charge on any atom is 0.150 e. The zero-order valence-electron chi connectivity index (χ0n) is 7.20. The van der Waals surface area contributed by atoms with Gasteiger partial charge in [-0.3, -0.25) is 0 Å². The molecule has 0 bridgehead atoms. The van der Waals surface area contributed by atoms with Crippen LogP contribution in [-0.4, -0.2) is 68.2 Å². The third-order valence-electron chi connectivity index (χ3n) is 1.67. The third-order valence-corrected chi connectivity index (χ3v) is 2.22. The second-order valence-corrected chi connectivity index (χ2v) is 3.04. The molecule has 78 valence electrons. The van der Waals surface area contributed by atoms with E-state index in [-0.39, 0.29) is 10.5 Å². The van der Waals surface area contributed by atoms with E-state index < -0.39 is 31.0 Å². The minimum atomic E-state index is -1.59. The summed E-state index contributed by atoms with van der Waals surface area (Å²) in [7, 11) is 0.226. The summed E-state index contributed by atoms with van der Waals surface area (Å²) in [5, 5.41) is 35.7. The second-order valence-electron chi connectivity index (χ2n) is 2.57. The van der Waals surface area contributed by atoms with Crippen LogP contribution >= 0.6 is 0 Å². The summed E-state index contributed by atoms with van der Waals surface area (Å²) in [6, 6.07) is 0. The maximum absolute atomic E-state index is 10.3. The van der Waals surface area contributed by atoms with Crippen molar-refractivity contribution < 1.29 is 29.6 Å². The lowest BCUT2D eigenvalue weighted by atomic mass is 10.0. The second kappa shape index (κ2) is 6.19. The van der Waals surface area contributed by atoms with Gasteiger partial charge in [-0.15, -0.1) is 0 Å². The summed E-state index contributed by atoms with van der Waals surface area (Å²) in [5.74, 6) is 0. The summed E-state index contributed by atoms with van der Waals surface area (Å²) >= 11 is 0. The zero-order valence-corrected chi connectivity index (χ0v) is 9.20. The van der Waals surface area contributed by atoms with Crippen LogP contribution in [-0.2, 0) is 9.22 Å². The normalized spacial score (nSPS) is 20.6. The molecule has 0 saturated carbocycles. The van der Waals surface area contributed by atoms with E-state index in [1.54, 1.807) is 0 Å². The van der Waals surface area contributed by atoms with Crippen molar-refractivity contribution in [2.24, 2.45) is 0 Å². The molecule has 0 aliphatic carbocycles. The molecular weight excluding hydrogens is 196 g/mol. The zero-order chi connectivity index (χ0) is 10.4. The number of carbonyl (C=O) groups excluding carboxylic acids is 1. The van der Waals surface area contributed by atoms with Crippen LogP contribution in [0, 0.1) is 0 Å². The number of rotatable bonds is 6. The Kier molecular flexibility index (Phi) is 6.04. The topological polar surface area (TPSA) is 107 Å². The lowest BCUT2D eigenvalue weighted by Crippen LogP contribution is -2.47. The van der Waals surface area contributed by atoms with Gasteiger partial charge in [0, 0.05) is 0 Å². The number of aliphatic hydroxyl groups excluding tert-OH is 4. The molecule has 0 saturated heterocycles. The van der Waals surface area contributed by atoms with Crippen LogP contribution < -0.4 is 0 Å². The Bertz CT molecular complexity index is 154. The van der Waals surface area contributed by atoms with Crippen LogP contribution in [0.1, 0.15) is 0 Å². The van der Waals surface area contributed by atoms with Gasteiger partial charge < -0.3 is 29.6 Å². The lowest BCUT2D eigenvalue weighted by Gasteiger charge is -2.24. The van der Waals surface area contributed by atoms with Crippen molar-refractivity contribution in [3.05, 3.63) is 0 Å². The molecule has 0 spiro atoms. The first-order valence-electron chi connectivity index (χ1n) is 3.71. The van der Waals surface area contributed by atoms with Crippen LogP contribution in [0.2, 0.25) is 0 Å². The fourth-order valence-electron chi connectivity index (χ4n) is 0.805. The molecule has 4 atom stereocenters. The van der Waals surface area contributed by atoms with E-state index in [0.29, 0.717) is 6.29 Å². The van der Waals surface area contributed by atoms with Crippen molar-refractivity contribution in [1.29, 1.82) is 0 Å². The van der Waals surface area contributed by atoms with Gasteiger partial charge in [-0.05, 0) is 0 Å². The molecule has 0 unspecified atom stereocenters. The summed E-state index contributed by atoms with van der Waals surface area (Å²) in [6.07, 6.45) is -5.39. The first kappa shape index (κ1) is 12.7. The quantitative estimate of drug-likeness (QED) is 0.262. The summed E-state index contributed by atoms with van der Waals surface area (Å²) in [6.45, 7) is -0.690. The van der Waals surface area contributed by atoms with Gasteiger partial charge in [0.2, 0.25) is 0 Å². The monoisotopic (exact) mass is 210 g/mol. The fourth-order valence-corrected chi connectivity index (χ4v) is 1.20. The Labute approximate surface area is 78.3 Å². The number of hydrogen-bond acceptors (Lipinski definition) is 6. The molecule has 0 fully saturated rings. The number of carbonyl (C=O) groups is 1. The van der Waals surface area contributed by atoms with E-state index in [4.69, 9.17) is 15.3 Å². The highest BCUT2D eigenvalue weighted by Gasteiger charge is 2.30. The highest BCUT2D eigenvalue weighted by atomic mass is 28.2. The fraction of sp³-hybridized carbons (Fsp3) is 0.833. The van der Waals surface area contributed by atoms with Gasteiger partial charge in [-0.1, -0.05) is 0 Å². The van der Waals surface area contributed by atoms with E-state index in [1.165, 1.54) is 0 Å². The first-order chi connectivity index (χ1) is 6.08. The van der Waals surface area contributed by atoms with Crippen molar-refractivity contribution in [1.82, 2.24) is 0 Å². The largest absolute Gasteiger partial charge is 0.416 e. The van der Waals surface area contributed by atoms with Gasteiger partial charge >= 0.3 is 0 Å². The maximum atomic E-state index is 10.3. The minimum Gasteiger partial charge on any atom is -0.416 e. The molecule has 4 N–H and O–H groups in total. The highest BCUT2D eigenvalue weighted by Crippen LogP contribution is 2.05. The van der Waals surface area contributed by atoms with Gasteiger partial charge in [0.1, 0.15) is 41.2 Å². The molecular formula is C6H14O6Si. The van der Waals surface area contributed by atoms with E-state index in [1.807, 2.05) is 0 Å². The van der Waals surface area contributed by atoms with Gasteiger partial charge in [0.25, 0.3) is 0 Å². The molecule has 13 heavy (non-hydrogen) atoms. The van der Waals surface area contributed by atoms with Crippen molar-refractivity contribution >= 4 is 16.8 Å². The summed E-state index contributed by atoms with van der Waals surface area (Å²) in [5.41, 5.74) is 0. The Morgan fingerprint density at radius 1 is 1.31 bits per heavy atom. The molecule has 0 aromatic carbocycles. The average molecular weight is 210 g/mol.